The average Bonchev–Trinajstić information content (AvgIpc) is 2.38. The number of amidine groups is 1. The van der Waals surface area contributed by atoms with E-state index in [4.69, 9.17) is 22.7 Å². The molecule has 19 heavy (non-hydrogen) atoms. The summed E-state index contributed by atoms with van der Waals surface area (Å²) >= 11 is 9.32. The Morgan fingerprint density at radius 3 is 2.74 bits per heavy atom. The van der Waals surface area contributed by atoms with Crippen molar-refractivity contribution >= 4 is 44.9 Å². The number of hydrogen-bond donors (Lipinski definition) is 2. The number of para-hydroxylation sites is 1. The van der Waals surface area contributed by atoms with Crippen LogP contribution in [-0.4, -0.2) is 17.9 Å². The van der Waals surface area contributed by atoms with E-state index in [9.17, 15) is 0 Å². The zero-order valence-electron chi connectivity index (χ0n) is 10.2. The van der Waals surface area contributed by atoms with Gasteiger partial charge in [0.1, 0.15) is 11.7 Å². The van der Waals surface area contributed by atoms with Gasteiger partial charge in [0, 0.05) is 18.8 Å². The van der Waals surface area contributed by atoms with Gasteiger partial charge in [0.15, 0.2) is 0 Å². The lowest BCUT2D eigenvalue weighted by Gasteiger charge is -2.22. The molecule has 4 nitrogen and oxygen atoms in total. The quantitative estimate of drug-likeness (QED) is 0.664. The Kier molecular flexibility index (Phi) is 4.07. The summed E-state index contributed by atoms with van der Waals surface area (Å²) in [5.41, 5.74) is 7.07. The molecule has 0 radical (unpaired) electrons. The number of pyridine rings is 1. The van der Waals surface area contributed by atoms with Crippen LogP contribution in [0.15, 0.2) is 41.0 Å². The Morgan fingerprint density at radius 2 is 2.11 bits per heavy atom. The van der Waals surface area contributed by atoms with Crippen LogP contribution in [0, 0.1) is 5.41 Å². The number of rotatable bonds is 3. The maximum absolute atomic E-state index is 7.62. The predicted octanol–water partition coefficient (Wildman–Crippen LogP) is 3.55. The fourth-order valence-corrected chi connectivity index (χ4v) is 2.67. The van der Waals surface area contributed by atoms with Gasteiger partial charge in [0.05, 0.1) is 15.2 Å². The molecule has 0 aliphatic heterocycles. The van der Waals surface area contributed by atoms with E-state index in [1.165, 1.54) is 0 Å². The van der Waals surface area contributed by atoms with E-state index in [0.717, 1.165) is 10.2 Å². The van der Waals surface area contributed by atoms with E-state index >= 15 is 0 Å². The minimum Gasteiger partial charge on any atom is -0.384 e. The zero-order valence-corrected chi connectivity index (χ0v) is 12.5. The van der Waals surface area contributed by atoms with Crippen molar-refractivity contribution in [3.05, 3.63) is 51.6 Å². The fraction of sp³-hybridized carbons (Fsp3) is 0.0769. The van der Waals surface area contributed by atoms with Crippen LogP contribution in [-0.2, 0) is 0 Å². The highest BCUT2D eigenvalue weighted by atomic mass is 79.9. The summed E-state index contributed by atoms with van der Waals surface area (Å²) in [5, 5.41) is 8.18. The molecule has 0 atom stereocenters. The van der Waals surface area contributed by atoms with Gasteiger partial charge in [-0.3, -0.25) is 5.41 Å². The van der Waals surface area contributed by atoms with Crippen molar-refractivity contribution in [2.24, 2.45) is 5.73 Å². The van der Waals surface area contributed by atoms with Gasteiger partial charge in [0.2, 0.25) is 0 Å². The van der Waals surface area contributed by atoms with Gasteiger partial charge >= 0.3 is 0 Å². The topological polar surface area (TPSA) is 66.0 Å². The lowest BCUT2D eigenvalue weighted by Crippen LogP contribution is -2.19. The summed E-state index contributed by atoms with van der Waals surface area (Å²) < 4.78 is 0.779. The van der Waals surface area contributed by atoms with Crippen molar-refractivity contribution in [2.45, 2.75) is 0 Å². The number of nitrogen functional groups attached to an aromatic ring is 1. The van der Waals surface area contributed by atoms with Crippen molar-refractivity contribution < 1.29 is 0 Å². The molecule has 0 aliphatic rings. The van der Waals surface area contributed by atoms with Crippen LogP contribution < -0.4 is 10.6 Å². The molecule has 0 saturated heterocycles. The normalized spacial score (nSPS) is 10.3. The van der Waals surface area contributed by atoms with Crippen LogP contribution in [0.25, 0.3) is 0 Å². The maximum atomic E-state index is 7.62. The molecule has 0 aliphatic carbocycles. The minimum atomic E-state index is 0.0209. The van der Waals surface area contributed by atoms with Gasteiger partial charge < -0.3 is 10.6 Å². The second-order valence-corrected chi connectivity index (χ2v) is 5.24. The monoisotopic (exact) mass is 338 g/mol. The molecule has 0 amide bonds. The van der Waals surface area contributed by atoms with Crippen molar-refractivity contribution in [1.29, 1.82) is 5.41 Å². The van der Waals surface area contributed by atoms with Gasteiger partial charge in [-0.25, -0.2) is 4.98 Å². The fourth-order valence-electron chi connectivity index (χ4n) is 1.76. The SMILES string of the molecule is CN(c1ccccc1C(=N)N)c1ncc(Cl)cc1Br. The number of halogens is 2. The lowest BCUT2D eigenvalue weighted by atomic mass is 10.1. The molecule has 1 heterocycles. The number of nitrogens with one attached hydrogen (secondary N) is 1. The minimum absolute atomic E-state index is 0.0209. The Balaban J connectivity index is 2.50. The first-order chi connectivity index (χ1) is 9.00. The molecule has 0 bridgehead atoms. The predicted molar refractivity (Wildman–Crippen MR) is 82.5 cm³/mol. The van der Waals surface area contributed by atoms with E-state index in [1.807, 2.05) is 30.1 Å². The van der Waals surface area contributed by atoms with Crippen molar-refractivity contribution in [2.75, 3.05) is 11.9 Å². The third-order valence-corrected chi connectivity index (χ3v) is 3.45. The van der Waals surface area contributed by atoms with E-state index in [-0.39, 0.29) is 5.84 Å². The summed E-state index contributed by atoms with van der Waals surface area (Å²) in [6.07, 6.45) is 1.58. The maximum Gasteiger partial charge on any atom is 0.147 e. The smallest absolute Gasteiger partial charge is 0.147 e. The molecule has 0 unspecified atom stereocenters. The van der Waals surface area contributed by atoms with E-state index in [2.05, 4.69) is 20.9 Å². The lowest BCUT2D eigenvalue weighted by molar-refractivity contribution is 1.11. The molecule has 1 aromatic carbocycles. The molecular weight excluding hydrogens is 328 g/mol. The van der Waals surface area contributed by atoms with Crippen LogP contribution in [0.4, 0.5) is 11.5 Å². The van der Waals surface area contributed by atoms with E-state index in [0.29, 0.717) is 16.4 Å². The number of hydrogen-bond acceptors (Lipinski definition) is 3. The van der Waals surface area contributed by atoms with Gasteiger partial charge in [-0.15, -0.1) is 0 Å². The van der Waals surface area contributed by atoms with Crippen LogP contribution in [0.1, 0.15) is 5.56 Å². The van der Waals surface area contributed by atoms with Crippen LogP contribution in [0.2, 0.25) is 5.02 Å². The third-order valence-electron chi connectivity index (χ3n) is 2.66. The first kappa shape index (κ1) is 13.8. The summed E-state index contributed by atoms with van der Waals surface area (Å²) in [5.74, 6) is 0.727. The van der Waals surface area contributed by atoms with E-state index < -0.39 is 0 Å². The molecule has 2 aromatic rings. The highest BCUT2D eigenvalue weighted by Crippen LogP contribution is 2.32. The van der Waals surface area contributed by atoms with Gasteiger partial charge in [-0.2, -0.15) is 0 Å². The number of nitrogens with zero attached hydrogens (tertiary/aromatic N) is 2. The van der Waals surface area contributed by atoms with Gasteiger partial charge in [0.25, 0.3) is 0 Å². The molecule has 98 valence electrons. The Morgan fingerprint density at radius 1 is 1.42 bits per heavy atom. The summed E-state index contributed by atoms with van der Waals surface area (Å²) in [4.78, 5) is 6.15. The second-order valence-electron chi connectivity index (χ2n) is 3.95. The van der Waals surface area contributed by atoms with Crippen LogP contribution in [0.3, 0.4) is 0 Å². The standard InChI is InChI=1S/C13H12BrClN4/c1-19(13-10(14)6-8(15)7-18-13)11-5-3-2-4-9(11)12(16)17/h2-7H,1H3,(H3,16,17). The van der Waals surface area contributed by atoms with Crippen LogP contribution in [0.5, 0.6) is 0 Å². The molecular formula is C13H12BrClN4. The number of nitrogens with two attached hydrogens (primary N) is 1. The highest BCUT2D eigenvalue weighted by molar-refractivity contribution is 9.10. The molecule has 0 spiro atoms. The molecule has 6 heteroatoms. The molecule has 2 rings (SSSR count). The largest absolute Gasteiger partial charge is 0.384 e. The number of benzene rings is 1. The van der Waals surface area contributed by atoms with Crippen molar-refractivity contribution in [3.63, 3.8) is 0 Å². The van der Waals surface area contributed by atoms with Crippen molar-refractivity contribution in [1.82, 2.24) is 4.98 Å². The number of anilines is 2. The Hall–Kier alpha value is -1.59. The van der Waals surface area contributed by atoms with Gasteiger partial charge in [-0.1, -0.05) is 23.7 Å². The molecule has 1 aromatic heterocycles. The first-order valence-electron chi connectivity index (χ1n) is 5.49. The van der Waals surface area contributed by atoms with E-state index in [1.54, 1.807) is 18.3 Å². The summed E-state index contributed by atoms with van der Waals surface area (Å²) in [6.45, 7) is 0. The molecule has 0 saturated carbocycles. The third kappa shape index (κ3) is 2.88. The Labute approximate surface area is 124 Å². The number of aromatic nitrogens is 1. The zero-order chi connectivity index (χ0) is 14.0. The van der Waals surface area contributed by atoms with Crippen LogP contribution >= 0.6 is 27.5 Å². The average molecular weight is 340 g/mol. The first-order valence-corrected chi connectivity index (χ1v) is 6.66. The Bertz CT molecular complexity index is 630. The second kappa shape index (κ2) is 5.59. The summed E-state index contributed by atoms with van der Waals surface area (Å²) in [7, 11) is 1.86. The highest BCUT2D eigenvalue weighted by Gasteiger charge is 2.14. The molecule has 3 N–H and O–H groups in total. The summed E-state index contributed by atoms with van der Waals surface area (Å²) in [6, 6.07) is 9.20. The van der Waals surface area contributed by atoms with Gasteiger partial charge in [-0.05, 0) is 34.1 Å². The molecule has 0 fully saturated rings. The van der Waals surface area contributed by atoms with Crippen molar-refractivity contribution in [3.8, 4) is 0 Å².